The number of anilines is 1. The van der Waals surface area contributed by atoms with E-state index in [1.165, 1.54) is 17.3 Å². The fourth-order valence-corrected chi connectivity index (χ4v) is 6.27. The molecule has 2 aliphatic rings. The Bertz CT molecular complexity index is 1170. The number of pyridine rings is 1. The third-order valence-corrected chi connectivity index (χ3v) is 7.89. The third-order valence-electron chi connectivity index (χ3n) is 5.72. The van der Waals surface area contributed by atoms with Crippen LogP contribution in [-0.4, -0.2) is 65.2 Å². The highest BCUT2D eigenvalue weighted by molar-refractivity contribution is 8.00. The molecular weight excluding hydrogens is 448 g/mol. The molecule has 32 heavy (non-hydrogen) atoms. The predicted molar refractivity (Wildman–Crippen MR) is 126 cm³/mol. The molecule has 10 heteroatoms. The summed E-state index contributed by atoms with van der Waals surface area (Å²) in [6.07, 6.45) is 2.37. The SMILES string of the molecule is CCOC(=O)CSc1ncnc2c1sc1nc(N3CCOCC3)c3c(c12)CC(C)(C)OC3. The summed E-state index contributed by atoms with van der Waals surface area (Å²) in [5, 5.41) is 1.88. The van der Waals surface area contributed by atoms with Crippen molar-refractivity contribution < 1.29 is 19.0 Å². The van der Waals surface area contributed by atoms with Crippen molar-refractivity contribution in [3.8, 4) is 0 Å². The number of thiophene rings is 1. The fourth-order valence-electron chi connectivity index (χ4n) is 4.24. The highest BCUT2D eigenvalue weighted by Crippen LogP contribution is 2.44. The van der Waals surface area contributed by atoms with Gasteiger partial charge in [-0.15, -0.1) is 11.3 Å². The quantitative estimate of drug-likeness (QED) is 0.313. The van der Waals surface area contributed by atoms with E-state index in [1.54, 1.807) is 17.7 Å². The smallest absolute Gasteiger partial charge is 0.316 e. The van der Waals surface area contributed by atoms with Crippen LogP contribution in [0.25, 0.3) is 20.4 Å². The van der Waals surface area contributed by atoms with E-state index >= 15 is 0 Å². The van der Waals surface area contributed by atoms with Crippen LogP contribution in [0.4, 0.5) is 5.82 Å². The van der Waals surface area contributed by atoms with Crippen molar-refractivity contribution in [1.82, 2.24) is 15.0 Å². The highest BCUT2D eigenvalue weighted by atomic mass is 32.2. The number of esters is 1. The van der Waals surface area contributed by atoms with E-state index in [4.69, 9.17) is 19.2 Å². The minimum absolute atomic E-state index is 0.222. The van der Waals surface area contributed by atoms with E-state index in [1.807, 2.05) is 6.92 Å². The topological polar surface area (TPSA) is 86.7 Å². The first-order valence-corrected chi connectivity index (χ1v) is 12.6. The molecule has 5 rings (SSSR count). The summed E-state index contributed by atoms with van der Waals surface area (Å²) < 4.78 is 17.8. The minimum Gasteiger partial charge on any atom is -0.465 e. The number of carbonyl (C=O) groups excluding carboxylic acids is 1. The third kappa shape index (κ3) is 4.05. The van der Waals surface area contributed by atoms with E-state index in [9.17, 15) is 4.79 Å². The van der Waals surface area contributed by atoms with Gasteiger partial charge < -0.3 is 19.1 Å². The van der Waals surface area contributed by atoms with E-state index in [-0.39, 0.29) is 17.3 Å². The first kappa shape index (κ1) is 21.8. The van der Waals surface area contributed by atoms with Crippen LogP contribution in [0.3, 0.4) is 0 Å². The van der Waals surface area contributed by atoms with Gasteiger partial charge in [-0.25, -0.2) is 15.0 Å². The monoisotopic (exact) mass is 474 g/mol. The molecule has 0 spiro atoms. The Morgan fingerprint density at radius 2 is 2.09 bits per heavy atom. The number of ether oxygens (including phenoxy) is 3. The standard InChI is InChI=1S/C22H26N4O4S2/c1-4-29-15(27)11-31-21-18-17(23-12-24-21)16-13-9-22(2,3)30-10-14(13)19(25-20(16)32-18)26-5-7-28-8-6-26/h12H,4-11H2,1-3H3. The number of morpholine rings is 1. The van der Waals surface area contributed by atoms with Crippen molar-refractivity contribution in [3.05, 3.63) is 17.5 Å². The predicted octanol–water partition coefficient (Wildman–Crippen LogP) is 3.58. The maximum Gasteiger partial charge on any atom is 0.316 e. The molecule has 0 aliphatic carbocycles. The summed E-state index contributed by atoms with van der Waals surface area (Å²) in [7, 11) is 0. The van der Waals surface area contributed by atoms with Crippen LogP contribution in [0.1, 0.15) is 31.9 Å². The molecule has 0 atom stereocenters. The molecule has 8 nitrogen and oxygen atoms in total. The summed E-state index contributed by atoms with van der Waals surface area (Å²) in [6, 6.07) is 0. The van der Waals surface area contributed by atoms with E-state index in [2.05, 4.69) is 28.7 Å². The Labute approximate surface area is 194 Å². The van der Waals surface area contributed by atoms with Crippen LogP contribution >= 0.6 is 23.1 Å². The number of hydrogen-bond donors (Lipinski definition) is 0. The molecule has 5 heterocycles. The van der Waals surface area contributed by atoms with Crippen molar-refractivity contribution in [3.63, 3.8) is 0 Å². The maximum absolute atomic E-state index is 11.9. The zero-order valence-electron chi connectivity index (χ0n) is 18.5. The lowest BCUT2D eigenvalue weighted by Crippen LogP contribution is -2.39. The number of fused-ring (bicyclic) bond motifs is 5. The second kappa shape index (κ2) is 8.74. The lowest BCUT2D eigenvalue weighted by Gasteiger charge is -2.36. The molecule has 0 bridgehead atoms. The number of aromatic nitrogens is 3. The molecule has 3 aromatic rings. The van der Waals surface area contributed by atoms with E-state index in [0.29, 0.717) is 26.4 Å². The van der Waals surface area contributed by atoms with Crippen LogP contribution in [0.2, 0.25) is 0 Å². The van der Waals surface area contributed by atoms with Crippen molar-refractivity contribution >= 4 is 55.3 Å². The minimum atomic E-state index is -0.258. The van der Waals surface area contributed by atoms with Crippen molar-refractivity contribution in [2.45, 2.75) is 44.4 Å². The average molecular weight is 475 g/mol. The molecule has 170 valence electrons. The molecular formula is C22H26N4O4S2. The van der Waals surface area contributed by atoms with Crippen molar-refractivity contribution in [2.75, 3.05) is 43.6 Å². The van der Waals surface area contributed by atoms with Gasteiger partial charge in [-0.1, -0.05) is 11.8 Å². The number of thioether (sulfide) groups is 1. The van der Waals surface area contributed by atoms with Gasteiger partial charge in [0.1, 0.15) is 22.0 Å². The van der Waals surface area contributed by atoms with Gasteiger partial charge in [0.25, 0.3) is 0 Å². The van der Waals surface area contributed by atoms with Crippen LogP contribution in [0.15, 0.2) is 11.4 Å². The normalized spacial score (nSPS) is 18.2. The Hall–Kier alpha value is -2.01. The van der Waals surface area contributed by atoms with Crippen LogP contribution in [0.5, 0.6) is 0 Å². The molecule has 0 amide bonds. The van der Waals surface area contributed by atoms with Gasteiger partial charge >= 0.3 is 5.97 Å². The molecule has 3 aromatic heterocycles. The molecule has 0 saturated carbocycles. The van der Waals surface area contributed by atoms with Gasteiger partial charge in [0.15, 0.2) is 0 Å². The molecule has 0 radical (unpaired) electrons. The Kier molecular flexibility index (Phi) is 5.96. The Morgan fingerprint density at radius 1 is 1.28 bits per heavy atom. The fraction of sp³-hybridized carbons (Fsp3) is 0.545. The summed E-state index contributed by atoms with van der Waals surface area (Å²) in [6.45, 7) is 10.0. The van der Waals surface area contributed by atoms with Gasteiger partial charge in [0, 0.05) is 30.5 Å². The summed E-state index contributed by atoms with van der Waals surface area (Å²) in [4.78, 5) is 29.4. The largest absolute Gasteiger partial charge is 0.465 e. The van der Waals surface area contributed by atoms with Gasteiger partial charge in [0.2, 0.25) is 0 Å². The number of nitrogens with zero attached hydrogens (tertiary/aromatic N) is 4. The maximum atomic E-state index is 11.9. The summed E-state index contributed by atoms with van der Waals surface area (Å²) in [5.41, 5.74) is 3.06. The summed E-state index contributed by atoms with van der Waals surface area (Å²) >= 11 is 2.98. The van der Waals surface area contributed by atoms with Crippen LogP contribution < -0.4 is 4.90 Å². The van der Waals surface area contributed by atoms with Crippen molar-refractivity contribution in [2.24, 2.45) is 0 Å². The van der Waals surface area contributed by atoms with Gasteiger partial charge in [-0.2, -0.15) is 0 Å². The number of rotatable bonds is 5. The zero-order valence-corrected chi connectivity index (χ0v) is 20.1. The second-order valence-corrected chi connectivity index (χ2v) is 10.4. The Morgan fingerprint density at radius 3 is 2.88 bits per heavy atom. The molecule has 0 aromatic carbocycles. The van der Waals surface area contributed by atoms with Gasteiger partial charge in [0.05, 0.1) is 48.0 Å². The first-order chi connectivity index (χ1) is 15.5. The van der Waals surface area contributed by atoms with E-state index < -0.39 is 0 Å². The average Bonchev–Trinajstić information content (AvgIpc) is 3.16. The molecule has 0 N–H and O–H groups in total. The molecule has 0 unspecified atom stereocenters. The number of carbonyl (C=O) groups is 1. The van der Waals surface area contributed by atoms with E-state index in [0.717, 1.165) is 56.4 Å². The van der Waals surface area contributed by atoms with Crippen LogP contribution in [-0.2, 0) is 32.0 Å². The van der Waals surface area contributed by atoms with Gasteiger partial charge in [-0.3, -0.25) is 4.79 Å². The van der Waals surface area contributed by atoms with Crippen LogP contribution in [0, 0.1) is 0 Å². The van der Waals surface area contributed by atoms with Gasteiger partial charge in [-0.05, 0) is 26.3 Å². The lowest BCUT2D eigenvalue weighted by atomic mass is 9.90. The first-order valence-electron chi connectivity index (χ1n) is 10.8. The highest BCUT2D eigenvalue weighted by Gasteiger charge is 2.33. The second-order valence-electron chi connectivity index (χ2n) is 8.45. The zero-order chi connectivity index (χ0) is 22.3. The summed E-state index contributed by atoms with van der Waals surface area (Å²) in [5.74, 6) is 0.973. The molecule has 1 saturated heterocycles. The number of hydrogen-bond acceptors (Lipinski definition) is 10. The molecule has 2 aliphatic heterocycles. The van der Waals surface area contributed by atoms with Crippen molar-refractivity contribution in [1.29, 1.82) is 0 Å². The molecule has 1 fully saturated rings. The lowest BCUT2D eigenvalue weighted by molar-refractivity contribution is -0.139. The Balaban J connectivity index is 1.65.